The first-order chi connectivity index (χ1) is 13.9. The Bertz CT molecular complexity index is 981. The number of rotatable bonds is 5. The molecule has 0 saturated carbocycles. The standard InChI is InChI=1S/C20H20N4O4S/c1-12(25)21-20-22-15-8-10-23(11-16(15)29-20)17(26)7-4-9-24-18(27)13-5-2-3-6-14(13)19(24)28/h2-3,5-6H,4,7-11H2,1H3,(H,21,22,25). The van der Waals surface area contributed by atoms with Gasteiger partial charge in [-0.05, 0) is 18.6 Å². The average molecular weight is 412 g/mol. The number of hydrogen-bond donors (Lipinski definition) is 1. The predicted molar refractivity (Wildman–Crippen MR) is 107 cm³/mol. The number of hydrogen-bond acceptors (Lipinski definition) is 6. The van der Waals surface area contributed by atoms with Gasteiger partial charge in [0, 0.05) is 37.7 Å². The number of fused-ring (bicyclic) bond motifs is 2. The van der Waals surface area contributed by atoms with Crippen molar-refractivity contribution in [1.29, 1.82) is 0 Å². The Morgan fingerprint density at radius 2 is 1.86 bits per heavy atom. The van der Waals surface area contributed by atoms with Crippen LogP contribution in [0.25, 0.3) is 0 Å². The van der Waals surface area contributed by atoms with E-state index in [-0.39, 0.29) is 36.6 Å². The van der Waals surface area contributed by atoms with Gasteiger partial charge in [-0.15, -0.1) is 0 Å². The maximum Gasteiger partial charge on any atom is 0.261 e. The van der Waals surface area contributed by atoms with Crippen molar-refractivity contribution in [1.82, 2.24) is 14.8 Å². The molecule has 0 unspecified atom stereocenters. The molecule has 2 aliphatic rings. The maximum absolute atomic E-state index is 12.6. The number of carbonyl (C=O) groups is 4. The SMILES string of the molecule is CC(=O)Nc1nc2c(s1)CN(C(=O)CCCN1C(=O)c3ccccc3C1=O)CC2. The zero-order chi connectivity index (χ0) is 20.5. The Morgan fingerprint density at radius 1 is 1.17 bits per heavy atom. The van der Waals surface area contributed by atoms with Gasteiger partial charge in [-0.3, -0.25) is 24.1 Å². The normalized spacial score (nSPS) is 15.3. The van der Waals surface area contributed by atoms with Gasteiger partial charge in [0.05, 0.1) is 23.4 Å². The lowest BCUT2D eigenvalue weighted by Gasteiger charge is -2.26. The van der Waals surface area contributed by atoms with Crippen molar-refractivity contribution in [3.63, 3.8) is 0 Å². The zero-order valence-corrected chi connectivity index (χ0v) is 16.8. The van der Waals surface area contributed by atoms with Crippen molar-refractivity contribution in [2.75, 3.05) is 18.4 Å². The lowest BCUT2D eigenvalue weighted by molar-refractivity contribution is -0.132. The van der Waals surface area contributed by atoms with E-state index >= 15 is 0 Å². The minimum atomic E-state index is -0.296. The molecule has 0 spiro atoms. The predicted octanol–water partition coefficient (Wildman–Crippen LogP) is 2.06. The van der Waals surface area contributed by atoms with Crippen molar-refractivity contribution in [3.8, 4) is 0 Å². The molecule has 0 radical (unpaired) electrons. The van der Waals surface area contributed by atoms with Crippen LogP contribution in [0.5, 0.6) is 0 Å². The van der Waals surface area contributed by atoms with Crippen LogP contribution in [0.1, 0.15) is 51.1 Å². The number of amides is 4. The topological polar surface area (TPSA) is 99.7 Å². The molecule has 4 amide bonds. The minimum Gasteiger partial charge on any atom is -0.337 e. The second-order valence-electron chi connectivity index (χ2n) is 7.05. The number of nitrogens with one attached hydrogen (secondary N) is 1. The summed E-state index contributed by atoms with van der Waals surface area (Å²) in [7, 11) is 0. The Labute approximate surface area is 171 Å². The summed E-state index contributed by atoms with van der Waals surface area (Å²) in [6, 6.07) is 6.77. The minimum absolute atomic E-state index is 0.0123. The summed E-state index contributed by atoms with van der Waals surface area (Å²) in [6.45, 7) is 2.70. The number of anilines is 1. The van der Waals surface area contributed by atoms with Crippen LogP contribution in [-0.2, 0) is 22.6 Å². The highest BCUT2D eigenvalue weighted by molar-refractivity contribution is 7.15. The largest absolute Gasteiger partial charge is 0.337 e. The Kier molecular flexibility index (Phi) is 5.14. The van der Waals surface area contributed by atoms with E-state index in [9.17, 15) is 19.2 Å². The van der Waals surface area contributed by atoms with Gasteiger partial charge in [0.1, 0.15) is 0 Å². The summed E-state index contributed by atoms with van der Waals surface area (Å²) in [5.74, 6) is -0.773. The number of thiazole rings is 1. The lowest BCUT2D eigenvalue weighted by Crippen LogP contribution is -2.36. The highest BCUT2D eigenvalue weighted by Crippen LogP contribution is 2.29. The molecule has 29 heavy (non-hydrogen) atoms. The highest BCUT2D eigenvalue weighted by atomic mass is 32.1. The Hall–Kier alpha value is -3.07. The van der Waals surface area contributed by atoms with Crippen LogP contribution in [0.2, 0.25) is 0 Å². The molecule has 0 fully saturated rings. The van der Waals surface area contributed by atoms with Crippen LogP contribution in [0.4, 0.5) is 5.13 Å². The second-order valence-corrected chi connectivity index (χ2v) is 8.13. The van der Waals surface area contributed by atoms with E-state index in [1.807, 2.05) is 0 Å². The van der Waals surface area contributed by atoms with Crippen LogP contribution in [0, 0.1) is 0 Å². The third kappa shape index (κ3) is 3.77. The molecular formula is C20H20N4O4S. The van der Waals surface area contributed by atoms with Gasteiger partial charge in [0.25, 0.3) is 11.8 Å². The molecule has 1 aromatic carbocycles. The van der Waals surface area contributed by atoms with Crippen molar-refractivity contribution < 1.29 is 19.2 Å². The molecule has 150 valence electrons. The summed E-state index contributed by atoms with van der Waals surface area (Å²) in [5.41, 5.74) is 1.77. The van der Waals surface area contributed by atoms with Crippen molar-refractivity contribution in [2.24, 2.45) is 0 Å². The maximum atomic E-state index is 12.6. The van der Waals surface area contributed by atoms with E-state index < -0.39 is 0 Å². The lowest BCUT2D eigenvalue weighted by atomic mass is 10.1. The Morgan fingerprint density at radius 3 is 2.52 bits per heavy atom. The van der Waals surface area contributed by atoms with E-state index in [4.69, 9.17) is 0 Å². The fourth-order valence-electron chi connectivity index (χ4n) is 3.60. The van der Waals surface area contributed by atoms with Gasteiger partial charge in [0.15, 0.2) is 5.13 Å². The Balaban J connectivity index is 1.31. The van der Waals surface area contributed by atoms with Gasteiger partial charge in [0.2, 0.25) is 11.8 Å². The highest BCUT2D eigenvalue weighted by Gasteiger charge is 2.34. The summed E-state index contributed by atoms with van der Waals surface area (Å²) < 4.78 is 0. The summed E-state index contributed by atoms with van der Waals surface area (Å²) >= 11 is 1.39. The molecule has 1 N–H and O–H groups in total. The molecule has 0 aliphatic carbocycles. The molecule has 0 atom stereocenters. The summed E-state index contributed by atoms with van der Waals surface area (Å²) in [6.07, 6.45) is 1.34. The monoisotopic (exact) mass is 412 g/mol. The van der Waals surface area contributed by atoms with Crippen molar-refractivity contribution in [2.45, 2.75) is 32.7 Å². The van der Waals surface area contributed by atoms with E-state index in [2.05, 4.69) is 10.3 Å². The van der Waals surface area contributed by atoms with Crippen molar-refractivity contribution >= 4 is 40.1 Å². The van der Waals surface area contributed by atoms with Gasteiger partial charge in [-0.1, -0.05) is 23.5 Å². The second kappa shape index (κ2) is 7.75. The van der Waals surface area contributed by atoms with E-state index in [0.29, 0.717) is 42.2 Å². The van der Waals surface area contributed by atoms with Crippen LogP contribution in [0.3, 0.4) is 0 Å². The van der Waals surface area contributed by atoms with E-state index in [0.717, 1.165) is 10.6 Å². The zero-order valence-electron chi connectivity index (χ0n) is 15.9. The van der Waals surface area contributed by atoms with Crippen LogP contribution >= 0.6 is 11.3 Å². The molecule has 2 aliphatic heterocycles. The van der Waals surface area contributed by atoms with Gasteiger partial charge < -0.3 is 10.2 Å². The van der Waals surface area contributed by atoms with Crippen molar-refractivity contribution in [3.05, 3.63) is 46.0 Å². The number of imide groups is 1. The molecular weight excluding hydrogens is 392 g/mol. The molecule has 3 heterocycles. The molecule has 8 nitrogen and oxygen atoms in total. The molecule has 4 rings (SSSR count). The third-order valence-corrected chi connectivity index (χ3v) is 6.02. The summed E-state index contributed by atoms with van der Waals surface area (Å²) in [5, 5.41) is 3.24. The number of nitrogens with zero attached hydrogens (tertiary/aromatic N) is 3. The van der Waals surface area contributed by atoms with Crippen LogP contribution < -0.4 is 5.32 Å². The first-order valence-corrected chi connectivity index (χ1v) is 10.2. The van der Waals surface area contributed by atoms with E-state index in [1.54, 1.807) is 29.2 Å². The third-order valence-electron chi connectivity index (χ3n) is 5.02. The number of aromatic nitrogens is 1. The fraction of sp³-hybridized carbons (Fsp3) is 0.350. The van der Waals surface area contributed by atoms with Gasteiger partial charge in [-0.2, -0.15) is 0 Å². The molecule has 9 heteroatoms. The molecule has 1 aromatic heterocycles. The summed E-state index contributed by atoms with van der Waals surface area (Å²) in [4.78, 5) is 56.9. The van der Waals surface area contributed by atoms with Gasteiger partial charge in [-0.25, -0.2) is 4.98 Å². The van der Waals surface area contributed by atoms with E-state index in [1.165, 1.54) is 23.2 Å². The quantitative estimate of drug-likeness (QED) is 0.758. The smallest absolute Gasteiger partial charge is 0.261 e. The molecule has 0 bridgehead atoms. The first-order valence-electron chi connectivity index (χ1n) is 9.43. The molecule has 0 saturated heterocycles. The molecule has 2 aromatic rings. The fourth-order valence-corrected chi connectivity index (χ4v) is 4.67. The number of benzene rings is 1. The number of carbonyl (C=O) groups excluding carboxylic acids is 4. The van der Waals surface area contributed by atoms with Gasteiger partial charge >= 0.3 is 0 Å². The van der Waals surface area contributed by atoms with Crippen LogP contribution in [0.15, 0.2) is 24.3 Å². The van der Waals surface area contributed by atoms with Crippen LogP contribution in [-0.4, -0.2) is 51.5 Å². The average Bonchev–Trinajstić information content (AvgIpc) is 3.20. The first kappa shape index (κ1) is 19.3.